The molecule has 0 unspecified atom stereocenters. The third-order valence-corrected chi connectivity index (χ3v) is 4.12. The largest absolute Gasteiger partial charge is 0.399 e. The quantitative estimate of drug-likeness (QED) is 0.695. The molecule has 0 spiro atoms. The number of hydrogen-bond acceptors (Lipinski definition) is 2. The van der Waals surface area contributed by atoms with Crippen LogP contribution < -0.4 is 10.6 Å². The standard InChI is InChI=1S/C17H15N3O/c1-19-7-6-11-2-4-14(9-16(11)19)20-10-12-8-13(18)3-5-15(12)17(20)21/h2-9H,10,18H2,1H3. The van der Waals surface area contributed by atoms with Crippen molar-refractivity contribution < 1.29 is 4.79 Å². The average Bonchev–Trinajstić information content (AvgIpc) is 3.00. The summed E-state index contributed by atoms with van der Waals surface area (Å²) in [5.41, 5.74) is 10.3. The van der Waals surface area contributed by atoms with E-state index in [0.29, 0.717) is 12.2 Å². The molecule has 0 bridgehead atoms. The van der Waals surface area contributed by atoms with Crippen molar-refractivity contribution in [2.75, 3.05) is 10.6 Å². The number of rotatable bonds is 1. The van der Waals surface area contributed by atoms with Gasteiger partial charge >= 0.3 is 0 Å². The summed E-state index contributed by atoms with van der Waals surface area (Å²) in [7, 11) is 2.01. The molecule has 1 aliphatic heterocycles. The molecule has 4 nitrogen and oxygen atoms in total. The molecule has 0 aliphatic carbocycles. The summed E-state index contributed by atoms with van der Waals surface area (Å²) in [4.78, 5) is 14.3. The van der Waals surface area contributed by atoms with Gasteiger partial charge in [0.05, 0.1) is 6.54 Å². The van der Waals surface area contributed by atoms with E-state index in [1.54, 1.807) is 11.0 Å². The van der Waals surface area contributed by atoms with Crippen molar-refractivity contribution in [2.45, 2.75) is 6.54 Å². The van der Waals surface area contributed by atoms with E-state index in [4.69, 9.17) is 5.73 Å². The first-order valence-electron chi connectivity index (χ1n) is 6.89. The summed E-state index contributed by atoms with van der Waals surface area (Å²) in [6.45, 7) is 0.579. The van der Waals surface area contributed by atoms with Gasteiger partial charge in [-0.05, 0) is 47.3 Å². The van der Waals surface area contributed by atoms with Gasteiger partial charge in [0.1, 0.15) is 0 Å². The van der Waals surface area contributed by atoms with Gasteiger partial charge in [0.25, 0.3) is 5.91 Å². The monoisotopic (exact) mass is 277 g/mol. The van der Waals surface area contributed by atoms with Crippen molar-refractivity contribution in [3.05, 3.63) is 59.8 Å². The summed E-state index contributed by atoms with van der Waals surface area (Å²) >= 11 is 0. The van der Waals surface area contributed by atoms with Gasteiger partial charge in [-0.1, -0.05) is 6.07 Å². The fraction of sp³-hybridized carbons (Fsp3) is 0.118. The Kier molecular flexibility index (Phi) is 2.36. The second-order valence-electron chi connectivity index (χ2n) is 5.48. The van der Waals surface area contributed by atoms with E-state index in [0.717, 1.165) is 22.3 Å². The van der Waals surface area contributed by atoms with Crippen LogP contribution in [0.15, 0.2) is 48.7 Å². The topological polar surface area (TPSA) is 51.3 Å². The first-order chi connectivity index (χ1) is 10.1. The molecule has 1 aromatic heterocycles. The van der Waals surface area contributed by atoms with Crippen molar-refractivity contribution in [3.8, 4) is 0 Å². The molecule has 0 fully saturated rings. The van der Waals surface area contributed by atoms with E-state index in [9.17, 15) is 4.79 Å². The third kappa shape index (κ3) is 1.72. The zero-order valence-corrected chi connectivity index (χ0v) is 11.7. The van der Waals surface area contributed by atoms with Gasteiger partial charge < -0.3 is 15.2 Å². The number of anilines is 2. The Labute approximate surface area is 122 Å². The maximum Gasteiger partial charge on any atom is 0.258 e. The lowest BCUT2D eigenvalue weighted by Crippen LogP contribution is -2.22. The van der Waals surface area contributed by atoms with E-state index in [2.05, 4.69) is 22.8 Å². The van der Waals surface area contributed by atoms with Crippen LogP contribution in [0.2, 0.25) is 0 Å². The highest BCUT2D eigenvalue weighted by molar-refractivity contribution is 6.10. The normalized spacial score (nSPS) is 14.0. The van der Waals surface area contributed by atoms with Crippen LogP contribution in [0.1, 0.15) is 15.9 Å². The molecule has 4 heteroatoms. The molecule has 0 radical (unpaired) electrons. The number of hydrogen-bond donors (Lipinski definition) is 1. The number of nitrogens with zero attached hydrogens (tertiary/aromatic N) is 2. The molecule has 0 saturated heterocycles. The number of fused-ring (bicyclic) bond motifs is 2. The number of aromatic nitrogens is 1. The third-order valence-electron chi connectivity index (χ3n) is 4.12. The van der Waals surface area contributed by atoms with Crippen molar-refractivity contribution in [1.82, 2.24) is 4.57 Å². The fourth-order valence-corrected chi connectivity index (χ4v) is 2.97. The number of amides is 1. The van der Waals surface area contributed by atoms with Gasteiger partial charge in [-0.25, -0.2) is 0 Å². The average molecular weight is 277 g/mol. The number of benzene rings is 2. The van der Waals surface area contributed by atoms with Gasteiger partial charge in [-0.3, -0.25) is 4.79 Å². The van der Waals surface area contributed by atoms with Gasteiger partial charge in [-0.2, -0.15) is 0 Å². The Balaban J connectivity index is 1.80. The summed E-state index contributed by atoms with van der Waals surface area (Å²) in [6, 6.07) is 13.6. The maximum absolute atomic E-state index is 12.5. The Bertz CT molecular complexity index is 879. The molecule has 1 aliphatic rings. The molecule has 21 heavy (non-hydrogen) atoms. The Morgan fingerprint density at radius 1 is 1.10 bits per heavy atom. The van der Waals surface area contributed by atoms with Crippen molar-refractivity contribution in [3.63, 3.8) is 0 Å². The molecule has 104 valence electrons. The lowest BCUT2D eigenvalue weighted by molar-refractivity contribution is 0.0996. The molecule has 0 saturated carbocycles. The molecule has 2 heterocycles. The van der Waals surface area contributed by atoms with Crippen molar-refractivity contribution >= 4 is 28.2 Å². The second-order valence-corrected chi connectivity index (χ2v) is 5.48. The predicted molar refractivity (Wildman–Crippen MR) is 84.3 cm³/mol. The molecule has 0 atom stereocenters. The lowest BCUT2D eigenvalue weighted by Gasteiger charge is -2.16. The molecule has 2 N–H and O–H groups in total. The van der Waals surface area contributed by atoms with Gasteiger partial charge in [0, 0.05) is 35.7 Å². The van der Waals surface area contributed by atoms with Gasteiger partial charge in [0.15, 0.2) is 0 Å². The summed E-state index contributed by atoms with van der Waals surface area (Å²) < 4.78 is 2.06. The molecular weight excluding hydrogens is 262 g/mol. The Morgan fingerprint density at radius 2 is 1.95 bits per heavy atom. The maximum atomic E-state index is 12.5. The van der Waals surface area contributed by atoms with Crippen molar-refractivity contribution in [1.29, 1.82) is 0 Å². The van der Waals surface area contributed by atoms with Crippen LogP contribution >= 0.6 is 0 Å². The molecule has 4 rings (SSSR count). The van der Waals surface area contributed by atoms with E-state index >= 15 is 0 Å². The minimum absolute atomic E-state index is 0.0403. The van der Waals surface area contributed by atoms with Crippen LogP contribution in [0.25, 0.3) is 10.9 Å². The lowest BCUT2D eigenvalue weighted by atomic mass is 10.1. The minimum atomic E-state index is 0.0403. The van der Waals surface area contributed by atoms with Gasteiger partial charge in [0.2, 0.25) is 0 Å². The molecule has 3 aromatic rings. The molecule has 1 amide bonds. The fourth-order valence-electron chi connectivity index (χ4n) is 2.97. The zero-order chi connectivity index (χ0) is 14.6. The Morgan fingerprint density at radius 3 is 2.81 bits per heavy atom. The van der Waals surface area contributed by atoms with Gasteiger partial charge in [-0.15, -0.1) is 0 Å². The minimum Gasteiger partial charge on any atom is -0.399 e. The highest BCUT2D eigenvalue weighted by atomic mass is 16.2. The molecular formula is C17H15N3O. The smallest absolute Gasteiger partial charge is 0.258 e. The highest BCUT2D eigenvalue weighted by Crippen LogP contribution is 2.31. The SMILES string of the molecule is Cn1ccc2ccc(N3Cc4cc(N)ccc4C3=O)cc21. The first kappa shape index (κ1) is 12.0. The van der Waals surface area contributed by atoms with E-state index in [-0.39, 0.29) is 5.91 Å². The first-order valence-corrected chi connectivity index (χ1v) is 6.89. The summed E-state index contributed by atoms with van der Waals surface area (Å²) in [5.74, 6) is 0.0403. The van der Waals surface area contributed by atoms with E-state index < -0.39 is 0 Å². The number of nitrogen functional groups attached to an aromatic ring is 1. The Hall–Kier alpha value is -2.75. The van der Waals surface area contributed by atoms with Crippen molar-refractivity contribution in [2.24, 2.45) is 7.05 Å². The zero-order valence-electron chi connectivity index (χ0n) is 11.7. The highest BCUT2D eigenvalue weighted by Gasteiger charge is 2.28. The van der Waals surface area contributed by atoms with Crippen LogP contribution in [-0.4, -0.2) is 10.5 Å². The van der Waals surface area contributed by atoms with Crippen LogP contribution in [-0.2, 0) is 13.6 Å². The van der Waals surface area contributed by atoms with Crippen LogP contribution in [0.3, 0.4) is 0 Å². The van der Waals surface area contributed by atoms with E-state index in [1.807, 2.05) is 31.4 Å². The van der Waals surface area contributed by atoms with Crippen LogP contribution in [0.4, 0.5) is 11.4 Å². The number of carbonyl (C=O) groups excluding carboxylic acids is 1. The predicted octanol–water partition coefficient (Wildman–Crippen LogP) is 2.92. The number of carbonyl (C=O) groups is 1. The van der Waals surface area contributed by atoms with Crippen LogP contribution in [0, 0.1) is 0 Å². The van der Waals surface area contributed by atoms with Crippen LogP contribution in [0.5, 0.6) is 0 Å². The number of aryl methyl sites for hydroxylation is 1. The summed E-state index contributed by atoms with van der Waals surface area (Å²) in [6.07, 6.45) is 2.02. The summed E-state index contributed by atoms with van der Waals surface area (Å²) in [5, 5.41) is 1.18. The number of nitrogens with two attached hydrogens (primary N) is 1. The van der Waals surface area contributed by atoms with E-state index in [1.165, 1.54) is 5.39 Å². The second kappa shape index (κ2) is 4.12. The molecule has 2 aromatic carbocycles.